The van der Waals surface area contributed by atoms with Gasteiger partial charge in [-0.2, -0.15) is 0 Å². The Bertz CT molecular complexity index is 453. The average molecular weight is 252 g/mol. The van der Waals surface area contributed by atoms with Crippen LogP contribution in [0.3, 0.4) is 0 Å². The van der Waals surface area contributed by atoms with Crippen molar-refractivity contribution in [3.05, 3.63) is 35.9 Å². The van der Waals surface area contributed by atoms with Crippen LogP contribution in [0.2, 0.25) is 0 Å². The molecule has 0 saturated heterocycles. The molecule has 1 saturated carbocycles. The first-order valence-corrected chi connectivity index (χ1v) is 6.85. The summed E-state index contributed by atoms with van der Waals surface area (Å²) in [5.41, 5.74) is 1.16. The molecule has 1 aromatic rings. The van der Waals surface area contributed by atoms with Gasteiger partial charge >= 0.3 is 5.97 Å². The summed E-state index contributed by atoms with van der Waals surface area (Å²) in [6.07, 6.45) is 0.827. The first-order valence-electron chi connectivity index (χ1n) is 5.63. The van der Waals surface area contributed by atoms with Gasteiger partial charge < -0.3 is 5.11 Å². The van der Waals surface area contributed by atoms with Crippen LogP contribution in [0.25, 0.3) is 0 Å². The first-order chi connectivity index (χ1) is 7.94. The molecule has 4 heteroatoms. The molecule has 0 bridgehead atoms. The van der Waals surface area contributed by atoms with Crippen molar-refractivity contribution in [2.24, 2.45) is 0 Å². The van der Waals surface area contributed by atoms with Crippen LogP contribution >= 0.6 is 0 Å². The second kappa shape index (κ2) is 4.26. The second-order valence-electron chi connectivity index (χ2n) is 4.90. The summed E-state index contributed by atoms with van der Waals surface area (Å²) in [7, 11) is -1.33. The smallest absolute Gasteiger partial charge is 0.321 e. The van der Waals surface area contributed by atoms with E-state index in [0.29, 0.717) is 0 Å². The average Bonchev–Trinajstić information content (AvgIpc) is 3.09. The third-order valence-corrected chi connectivity index (χ3v) is 5.50. The number of carboxylic acid groups (broad SMARTS) is 1. The Morgan fingerprint density at radius 2 is 1.94 bits per heavy atom. The lowest BCUT2D eigenvalue weighted by Gasteiger charge is -2.18. The van der Waals surface area contributed by atoms with Crippen molar-refractivity contribution in [2.45, 2.75) is 36.2 Å². The van der Waals surface area contributed by atoms with Crippen molar-refractivity contribution in [3.8, 4) is 0 Å². The zero-order valence-electron chi connectivity index (χ0n) is 9.92. The zero-order valence-corrected chi connectivity index (χ0v) is 10.7. The van der Waals surface area contributed by atoms with Crippen LogP contribution in [0, 0.1) is 0 Å². The van der Waals surface area contributed by atoms with Crippen LogP contribution in [0.1, 0.15) is 31.7 Å². The lowest BCUT2D eigenvalue weighted by atomic mass is 10.1. The molecule has 1 aliphatic rings. The van der Waals surface area contributed by atoms with Gasteiger partial charge in [-0.25, -0.2) is 0 Å². The van der Waals surface area contributed by atoms with Gasteiger partial charge in [0.05, 0.1) is 0 Å². The lowest BCUT2D eigenvalue weighted by molar-refractivity contribution is -0.139. The van der Waals surface area contributed by atoms with Gasteiger partial charge in [-0.1, -0.05) is 30.3 Å². The molecule has 2 rings (SSSR count). The van der Waals surface area contributed by atoms with Gasteiger partial charge in [0.1, 0.15) is 4.75 Å². The van der Waals surface area contributed by atoms with Crippen LogP contribution in [-0.4, -0.2) is 25.3 Å². The third kappa shape index (κ3) is 2.27. The second-order valence-corrected chi connectivity index (χ2v) is 7.13. The Hall–Kier alpha value is -1.16. The fourth-order valence-electron chi connectivity index (χ4n) is 1.92. The maximum Gasteiger partial charge on any atom is 0.321 e. The van der Waals surface area contributed by atoms with Gasteiger partial charge in [0.25, 0.3) is 0 Å². The number of hydrogen-bond donors (Lipinski definition) is 1. The van der Waals surface area contributed by atoms with E-state index in [1.165, 1.54) is 13.8 Å². The fourth-order valence-corrected chi connectivity index (χ4v) is 3.69. The molecule has 92 valence electrons. The van der Waals surface area contributed by atoms with E-state index in [2.05, 4.69) is 0 Å². The predicted molar refractivity (Wildman–Crippen MR) is 67.4 cm³/mol. The van der Waals surface area contributed by atoms with Gasteiger partial charge in [0.2, 0.25) is 0 Å². The van der Waals surface area contributed by atoms with Crippen LogP contribution in [0.4, 0.5) is 0 Å². The Kier molecular flexibility index (Phi) is 3.08. The molecule has 0 radical (unpaired) electrons. The van der Waals surface area contributed by atoms with E-state index in [4.69, 9.17) is 5.11 Å². The van der Waals surface area contributed by atoms with E-state index < -0.39 is 21.5 Å². The van der Waals surface area contributed by atoms with Gasteiger partial charge in [-0.15, -0.1) is 0 Å². The largest absolute Gasteiger partial charge is 0.480 e. The van der Waals surface area contributed by atoms with Gasteiger partial charge in [0, 0.05) is 16.0 Å². The standard InChI is InChI=1S/C13H16O3S/c1-13(2,12(14)15)17(16)11-8-10(11)9-6-4-3-5-7-9/h3-7,10-11H,8H2,1-2H3,(H,14,15). The number of aliphatic carboxylic acids is 1. The molecule has 3 unspecified atom stereocenters. The highest BCUT2D eigenvalue weighted by Gasteiger charge is 2.50. The van der Waals surface area contributed by atoms with Crippen molar-refractivity contribution in [1.29, 1.82) is 0 Å². The van der Waals surface area contributed by atoms with Crippen LogP contribution < -0.4 is 0 Å². The molecule has 0 aliphatic heterocycles. The zero-order chi connectivity index (χ0) is 12.6. The monoisotopic (exact) mass is 252 g/mol. The fraction of sp³-hybridized carbons (Fsp3) is 0.462. The Balaban J connectivity index is 2.10. The van der Waals surface area contributed by atoms with Crippen LogP contribution in [-0.2, 0) is 15.6 Å². The summed E-state index contributed by atoms with van der Waals surface area (Å²) in [6, 6.07) is 9.87. The van der Waals surface area contributed by atoms with Crippen molar-refractivity contribution >= 4 is 16.8 Å². The molecule has 0 amide bonds. The molecule has 1 N–H and O–H groups in total. The molecule has 0 spiro atoms. The molecular formula is C13H16O3S. The quantitative estimate of drug-likeness (QED) is 0.893. The van der Waals surface area contributed by atoms with E-state index in [1.54, 1.807) is 0 Å². The SMILES string of the molecule is CC(C)(C(=O)O)S(=O)C1CC1c1ccccc1. The minimum Gasteiger partial charge on any atom is -0.480 e. The minimum absolute atomic E-state index is 0.0106. The van der Waals surface area contributed by atoms with E-state index in [1.807, 2.05) is 30.3 Å². The number of benzene rings is 1. The topological polar surface area (TPSA) is 54.4 Å². The number of hydrogen-bond acceptors (Lipinski definition) is 2. The van der Waals surface area contributed by atoms with Crippen molar-refractivity contribution in [3.63, 3.8) is 0 Å². The molecular weight excluding hydrogens is 236 g/mol. The van der Waals surface area contributed by atoms with E-state index in [0.717, 1.165) is 12.0 Å². The summed E-state index contributed by atoms with van der Waals surface area (Å²) in [6.45, 7) is 3.07. The van der Waals surface area contributed by atoms with E-state index in [-0.39, 0.29) is 11.2 Å². The highest BCUT2D eigenvalue weighted by molar-refractivity contribution is 7.88. The Morgan fingerprint density at radius 1 is 1.35 bits per heavy atom. The molecule has 3 nitrogen and oxygen atoms in total. The summed E-state index contributed by atoms with van der Waals surface area (Å²) in [5, 5.41) is 9.04. The summed E-state index contributed by atoms with van der Waals surface area (Å²) in [5.74, 6) is -0.731. The summed E-state index contributed by atoms with van der Waals surface area (Å²) in [4.78, 5) is 11.0. The van der Waals surface area contributed by atoms with Crippen LogP contribution in [0.5, 0.6) is 0 Å². The first kappa shape index (κ1) is 12.3. The molecule has 0 heterocycles. The number of rotatable bonds is 4. The van der Waals surface area contributed by atoms with E-state index in [9.17, 15) is 9.00 Å². The minimum atomic E-state index is -1.33. The summed E-state index contributed by atoms with van der Waals surface area (Å²) >= 11 is 0. The highest BCUT2D eigenvalue weighted by atomic mass is 32.2. The van der Waals surface area contributed by atoms with E-state index >= 15 is 0 Å². The molecule has 17 heavy (non-hydrogen) atoms. The van der Waals surface area contributed by atoms with Crippen LogP contribution in [0.15, 0.2) is 30.3 Å². The van der Waals surface area contributed by atoms with Crippen molar-refractivity contribution in [1.82, 2.24) is 0 Å². The van der Waals surface area contributed by atoms with Crippen molar-refractivity contribution < 1.29 is 14.1 Å². The predicted octanol–water partition coefficient (Wildman–Crippen LogP) is 2.15. The van der Waals surface area contributed by atoms with Gasteiger partial charge in [-0.05, 0) is 31.7 Å². The normalized spacial score (nSPS) is 25.3. The molecule has 1 aromatic carbocycles. The third-order valence-electron chi connectivity index (χ3n) is 3.25. The number of carbonyl (C=O) groups is 1. The Labute approximate surface area is 103 Å². The summed E-state index contributed by atoms with van der Waals surface area (Å²) < 4.78 is 11.0. The molecule has 1 aliphatic carbocycles. The lowest BCUT2D eigenvalue weighted by Crippen LogP contribution is -2.38. The maximum atomic E-state index is 12.2. The maximum absolute atomic E-state index is 12.2. The molecule has 0 aromatic heterocycles. The number of carboxylic acids is 1. The van der Waals surface area contributed by atoms with Crippen molar-refractivity contribution in [2.75, 3.05) is 0 Å². The highest BCUT2D eigenvalue weighted by Crippen LogP contribution is 2.47. The van der Waals surface area contributed by atoms with Gasteiger partial charge in [0.15, 0.2) is 0 Å². The molecule has 1 fully saturated rings. The Morgan fingerprint density at radius 3 is 2.47 bits per heavy atom. The molecule has 3 atom stereocenters. The van der Waals surface area contributed by atoms with Gasteiger partial charge in [-0.3, -0.25) is 9.00 Å².